The molecule has 0 saturated heterocycles. The molecule has 0 saturated carbocycles. The Labute approximate surface area is 148 Å². The van der Waals surface area contributed by atoms with Gasteiger partial charge in [0.25, 0.3) is 5.91 Å². The summed E-state index contributed by atoms with van der Waals surface area (Å²) in [6.07, 6.45) is -0.158. The third-order valence-electron chi connectivity index (χ3n) is 3.73. The van der Waals surface area contributed by atoms with E-state index in [0.717, 1.165) is 0 Å². The summed E-state index contributed by atoms with van der Waals surface area (Å²) in [5.74, 6) is -0.446. The van der Waals surface area contributed by atoms with Crippen LogP contribution in [0.25, 0.3) is 0 Å². The summed E-state index contributed by atoms with van der Waals surface area (Å²) in [4.78, 5) is 23.9. The second-order valence-electron chi connectivity index (χ2n) is 6.22. The quantitative estimate of drug-likeness (QED) is 0.760. The van der Waals surface area contributed by atoms with E-state index in [1.54, 1.807) is 38.1 Å². The van der Waals surface area contributed by atoms with Crippen molar-refractivity contribution < 1.29 is 19.6 Å². The lowest BCUT2D eigenvalue weighted by atomic mass is 10.1. The van der Waals surface area contributed by atoms with Crippen LogP contribution in [-0.2, 0) is 9.53 Å². The van der Waals surface area contributed by atoms with Gasteiger partial charge in [0, 0.05) is 11.3 Å². The van der Waals surface area contributed by atoms with E-state index in [0.29, 0.717) is 17.8 Å². The first-order valence-electron chi connectivity index (χ1n) is 8.45. The molecule has 0 aliphatic heterocycles. The van der Waals surface area contributed by atoms with E-state index in [9.17, 15) is 9.59 Å². The maximum absolute atomic E-state index is 12.1. The average molecular weight is 341 g/mol. The summed E-state index contributed by atoms with van der Waals surface area (Å²) in [6.45, 7) is 6.00. The maximum Gasteiger partial charge on any atom is 0.338 e. The highest BCUT2D eigenvalue weighted by atomic mass is 16.5. The molecule has 0 bridgehead atoms. The number of amides is 1. The van der Waals surface area contributed by atoms with Gasteiger partial charge in [0.05, 0.1) is 11.7 Å². The molecule has 0 fully saturated rings. The fourth-order valence-corrected chi connectivity index (χ4v) is 2.36. The minimum Gasteiger partial charge on any atom is -0.459 e. The third kappa shape index (κ3) is 6.04. The number of carbonyl (C=O) groups excluding carboxylic acids is 2. The minimum atomic E-state index is -0.363. The molecule has 2 aromatic rings. The molecule has 25 heavy (non-hydrogen) atoms. The number of rotatable bonds is 7. The van der Waals surface area contributed by atoms with Gasteiger partial charge in [-0.15, -0.1) is 0 Å². The van der Waals surface area contributed by atoms with Gasteiger partial charge in [-0.1, -0.05) is 30.3 Å². The number of benzene rings is 2. The Morgan fingerprint density at radius 1 is 1.00 bits per heavy atom. The third-order valence-corrected chi connectivity index (χ3v) is 3.73. The predicted octanol–water partition coefficient (Wildman–Crippen LogP) is 2.51. The van der Waals surface area contributed by atoms with E-state index in [1.165, 1.54) is 5.56 Å². The van der Waals surface area contributed by atoms with Crippen molar-refractivity contribution in [2.75, 3.05) is 11.9 Å². The molecule has 0 unspecified atom stereocenters. The summed E-state index contributed by atoms with van der Waals surface area (Å²) >= 11 is 0. The van der Waals surface area contributed by atoms with Crippen LogP contribution in [0.5, 0.6) is 0 Å². The van der Waals surface area contributed by atoms with Crippen molar-refractivity contribution in [3.8, 4) is 0 Å². The van der Waals surface area contributed by atoms with Gasteiger partial charge >= 0.3 is 5.97 Å². The number of quaternary nitrogens is 1. The highest BCUT2D eigenvalue weighted by Crippen LogP contribution is 2.11. The summed E-state index contributed by atoms with van der Waals surface area (Å²) in [5, 5.41) is 4.82. The van der Waals surface area contributed by atoms with Gasteiger partial charge in [0.2, 0.25) is 0 Å². The normalized spacial score (nSPS) is 11.8. The highest BCUT2D eigenvalue weighted by molar-refractivity contribution is 5.93. The second kappa shape index (κ2) is 8.99. The summed E-state index contributed by atoms with van der Waals surface area (Å²) in [6, 6.07) is 17.0. The molecule has 1 amide bonds. The molecule has 0 heterocycles. The predicted molar refractivity (Wildman–Crippen MR) is 97.3 cm³/mol. The molecule has 1 atom stereocenters. The van der Waals surface area contributed by atoms with Crippen LogP contribution in [0.15, 0.2) is 54.6 Å². The van der Waals surface area contributed by atoms with Gasteiger partial charge in [0.1, 0.15) is 6.04 Å². The van der Waals surface area contributed by atoms with Crippen molar-refractivity contribution in [2.24, 2.45) is 0 Å². The van der Waals surface area contributed by atoms with Crippen LogP contribution >= 0.6 is 0 Å². The lowest BCUT2D eigenvalue weighted by molar-refractivity contribution is -0.682. The number of ether oxygens (including phenoxy) is 1. The van der Waals surface area contributed by atoms with Gasteiger partial charge < -0.3 is 15.4 Å². The molecule has 0 radical (unpaired) electrons. The van der Waals surface area contributed by atoms with E-state index in [1.807, 2.05) is 35.6 Å². The van der Waals surface area contributed by atoms with Gasteiger partial charge in [0.15, 0.2) is 6.54 Å². The zero-order valence-electron chi connectivity index (χ0n) is 14.9. The van der Waals surface area contributed by atoms with Crippen LogP contribution in [-0.4, -0.2) is 24.5 Å². The molecule has 2 rings (SSSR count). The van der Waals surface area contributed by atoms with Crippen molar-refractivity contribution in [3.05, 3.63) is 65.7 Å². The molecule has 0 aromatic heterocycles. The molecular formula is C20H25N2O3+. The van der Waals surface area contributed by atoms with Crippen molar-refractivity contribution >= 4 is 17.6 Å². The summed E-state index contributed by atoms with van der Waals surface area (Å²) in [7, 11) is 0. The zero-order chi connectivity index (χ0) is 18.2. The van der Waals surface area contributed by atoms with Crippen LogP contribution in [0, 0.1) is 0 Å². The van der Waals surface area contributed by atoms with Gasteiger partial charge in [-0.3, -0.25) is 4.79 Å². The number of nitrogens with one attached hydrogen (secondary N) is 1. The molecule has 0 aliphatic rings. The molecule has 5 nitrogen and oxygen atoms in total. The Bertz CT molecular complexity index is 697. The molecule has 2 aromatic carbocycles. The first-order chi connectivity index (χ1) is 12.0. The lowest BCUT2D eigenvalue weighted by Gasteiger charge is -2.11. The smallest absolute Gasteiger partial charge is 0.338 e. The van der Waals surface area contributed by atoms with Crippen LogP contribution < -0.4 is 10.6 Å². The Morgan fingerprint density at radius 2 is 1.64 bits per heavy atom. The van der Waals surface area contributed by atoms with Crippen molar-refractivity contribution in [1.82, 2.24) is 0 Å². The first kappa shape index (κ1) is 18.7. The molecule has 3 N–H and O–H groups in total. The molecule has 5 heteroatoms. The summed E-state index contributed by atoms with van der Waals surface area (Å²) < 4.78 is 5.13. The van der Waals surface area contributed by atoms with Crippen molar-refractivity contribution in [1.29, 1.82) is 0 Å². The van der Waals surface area contributed by atoms with E-state index in [2.05, 4.69) is 12.2 Å². The Hall–Kier alpha value is -2.66. The number of esters is 1. The van der Waals surface area contributed by atoms with E-state index in [-0.39, 0.29) is 24.0 Å². The average Bonchev–Trinajstić information content (AvgIpc) is 2.60. The van der Waals surface area contributed by atoms with Crippen molar-refractivity contribution in [3.63, 3.8) is 0 Å². The van der Waals surface area contributed by atoms with Crippen LogP contribution in [0.2, 0.25) is 0 Å². The van der Waals surface area contributed by atoms with Gasteiger partial charge in [-0.05, 0) is 45.0 Å². The molecular weight excluding hydrogens is 316 g/mol. The fourth-order valence-electron chi connectivity index (χ4n) is 2.36. The second-order valence-corrected chi connectivity index (χ2v) is 6.22. The number of anilines is 1. The van der Waals surface area contributed by atoms with Crippen LogP contribution in [0.1, 0.15) is 42.7 Å². The first-order valence-corrected chi connectivity index (χ1v) is 8.45. The van der Waals surface area contributed by atoms with E-state index < -0.39 is 0 Å². The Morgan fingerprint density at radius 3 is 2.24 bits per heavy atom. The number of carbonyl (C=O) groups is 2. The number of nitrogens with two attached hydrogens (primary N) is 1. The highest BCUT2D eigenvalue weighted by Gasteiger charge is 2.12. The number of hydrogen-bond acceptors (Lipinski definition) is 3. The van der Waals surface area contributed by atoms with Gasteiger partial charge in [-0.2, -0.15) is 0 Å². The largest absolute Gasteiger partial charge is 0.459 e. The minimum absolute atomic E-state index is 0.0831. The summed E-state index contributed by atoms with van der Waals surface area (Å²) in [5.41, 5.74) is 2.31. The monoisotopic (exact) mass is 341 g/mol. The molecule has 0 aliphatic carbocycles. The topological polar surface area (TPSA) is 72.0 Å². The Kier molecular flexibility index (Phi) is 6.71. The number of hydrogen-bond donors (Lipinski definition) is 2. The fraction of sp³-hybridized carbons (Fsp3) is 0.300. The van der Waals surface area contributed by atoms with Gasteiger partial charge in [-0.25, -0.2) is 4.79 Å². The lowest BCUT2D eigenvalue weighted by Crippen LogP contribution is -2.86. The maximum atomic E-state index is 12.1. The zero-order valence-corrected chi connectivity index (χ0v) is 14.9. The van der Waals surface area contributed by atoms with Crippen molar-refractivity contribution in [2.45, 2.75) is 32.9 Å². The van der Waals surface area contributed by atoms with E-state index in [4.69, 9.17) is 4.74 Å². The standard InChI is InChI=1S/C20H24N2O3/c1-14(2)25-20(24)17-9-11-18(12-10-17)22-19(23)13-21-15(3)16-7-5-4-6-8-16/h4-12,14-15,21H,13H2,1-3H3,(H,22,23)/p+1/t15-/m1/s1. The SMILES string of the molecule is CC(C)OC(=O)c1ccc(NC(=O)C[NH2+][C@H](C)c2ccccc2)cc1. The molecule has 132 valence electrons. The molecule has 0 spiro atoms. The van der Waals surface area contributed by atoms with Crippen LogP contribution in [0.3, 0.4) is 0 Å². The van der Waals surface area contributed by atoms with Crippen LogP contribution in [0.4, 0.5) is 5.69 Å². The van der Waals surface area contributed by atoms with E-state index >= 15 is 0 Å². The Balaban J connectivity index is 1.83.